The second-order valence-electron chi connectivity index (χ2n) is 8.29. The minimum Gasteiger partial charge on any atom is -0.373 e. The van der Waals surface area contributed by atoms with E-state index in [2.05, 4.69) is 37.4 Å². The number of piperidine rings is 1. The fourth-order valence-corrected chi connectivity index (χ4v) is 4.23. The maximum absolute atomic E-state index is 12.7. The molecule has 1 atom stereocenters. The molecule has 2 aromatic rings. The summed E-state index contributed by atoms with van der Waals surface area (Å²) in [5, 5.41) is 6.50. The fourth-order valence-electron chi connectivity index (χ4n) is 4.23. The summed E-state index contributed by atoms with van der Waals surface area (Å²) in [4.78, 5) is 30.1. The van der Waals surface area contributed by atoms with Gasteiger partial charge >= 0.3 is 0 Å². The number of pyridine rings is 1. The van der Waals surface area contributed by atoms with Gasteiger partial charge in [-0.15, -0.1) is 0 Å². The van der Waals surface area contributed by atoms with E-state index in [0.29, 0.717) is 17.5 Å². The van der Waals surface area contributed by atoms with Crippen LogP contribution in [0.5, 0.6) is 0 Å². The van der Waals surface area contributed by atoms with E-state index in [1.54, 1.807) is 12.5 Å². The first-order valence-corrected chi connectivity index (χ1v) is 10.9. The number of amides is 1. The van der Waals surface area contributed by atoms with Crippen molar-refractivity contribution >= 4 is 23.4 Å². The van der Waals surface area contributed by atoms with Gasteiger partial charge in [0.1, 0.15) is 23.8 Å². The number of likely N-dealkylation sites (tertiary alicyclic amines) is 1. The quantitative estimate of drug-likeness (QED) is 0.759. The minimum atomic E-state index is 0.0898. The van der Waals surface area contributed by atoms with Crippen molar-refractivity contribution in [1.82, 2.24) is 19.9 Å². The summed E-state index contributed by atoms with van der Waals surface area (Å²) in [7, 11) is 1.86. The molecule has 0 bridgehead atoms. The van der Waals surface area contributed by atoms with Crippen LogP contribution in [0, 0.1) is 5.92 Å². The summed E-state index contributed by atoms with van der Waals surface area (Å²) in [6, 6.07) is 6.12. The molecule has 2 aliphatic rings. The Hall–Kier alpha value is -2.90. The Morgan fingerprint density at radius 2 is 1.93 bits per heavy atom. The molecule has 1 amide bonds. The zero-order valence-corrected chi connectivity index (χ0v) is 17.8. The monoisotopic (exact) mass is 409 g/mol. The van der Waals surface area contributed by atoms with Crippen molar-refractivity contribution in [2.75, 3.05) is 48.8 Å². The molecule has 2 fully saturated rings. The summed E-state index contributed by atoms with van der Waals surface area (Å²) < 4.78 is 0. The third-order valence-electron chi connectivity index (χ3n) is 6.18. The van der Waals surface area contributed by atoms with Crippen LogP contribution in [0.4, 0.5) is 17.5 Å². The Balaban J connectivity index is 1.34. The second kappa shape index (κ2) is 9.28. The zero-order chi connectivity index (χ0) is 20.9. The summed E-state index contributed by atoms with van der Waals surface area (Å²) in [6.45, 7) is 5.70. The number of anilines is 3. The number of carbonyl (C=O) groups is 1. The van der Waals surface area contributed by atoms with Gasteiger partial charge in [0.05, 0.1) is 5.56 Å². The molecule has 2 saturated heterocycles. The van der Waals surface area contributed by atoms with E-state index in [1.165, 1.54) is 0 Å². The molecule has 0 radical (unpaired) electrons. The molecule has 0 spiro atoms. The van der Waals surface area contributed by atoms with Crippen LogP contribution < -0.4 is 15.5 Å². The topological polar surface area (TPSA) is 86.3 Å². The van der Waals surface area contributed by atoms with Gasteiger partial charge in [-0.25, -0.2) is 15.0 Å². The van der Waals surface area contributed by atoms with Crippen LogP contribution in [0.15, 0.2) is 30.7 Å². The molecule has 0 aromatic carbocycles. The van der Waals surface area contributed by atoms with Crippen molar-refractivity contribution < 1.29 is 4.79 Å². The van der Waals surface area contributed by atoms with Gasteiger partial charge in [0.25, 0.3) is 5.91 Å². The van der Waals surface area contributed by atoms with Crippen molar-refractivity contribution in [1.29, 1.82) is 0 Å². The molecule has 160 valence electrons. The molecule has 1 unspecified atom stereocenters. The van der Waals surface area contributed by atoms with E-state index in [-0.39, 0.29) is 5.91 Å². The molecule has 0 aliphatic carbocycles. The number of nitrogens with zero attached hydrogens (tertiary/aromatic N) is 5. The summed E-state index contributed by atoms with van der Waals surface area (Å²) in [6.07, 6.45) is 7.71. The van der Waals surface area contributed by atoms with Crippen molar-refractivity contribution in [3.8, 4) is 0 Å². The molecule has 0 saturated carbocycles. The smallest absolute Gasteiger partial charge is 0.255 e. The Kier molecular flexibility index (Phi) is 6.30. The molecule has 8 heteroatoms. The molecule has 8 nitrogen and oxygen atoms in total. The van der Waals surface area contributed by atoms with Gasteiger partial charge in [0.15, 0.2) is 0 Å². The first kappa shape index (κ1) is 20.4. The Morgan fingerprint density at radius 1 is 1.10 bits per heavy atom. The van der Waals surface area contributed by atoms with Crippen LogP contribution >= 0.6 is 0 Å². The maximum Gasteiger partial charge on any atom is 0.255 e. The predicted octanol–water partition coefficient (Wildman–Crippen LogP) is 2.87. The molecule has 4 rings (SSSR count). The lowest BCUT2D eigenvalue weighted by Crippen LogP contribution is -2.38. The van der Waals surface area contributed by atoms with Gasteiger partial charge in [0, 0.05) is 51.5 Å². The standard InChI is InChI=1S/C22H31N7O/c1-16-7-10-28(11-8-16)22(30)17-5-6-19(24-13-17)25-14-18-4-3-9-29(18)21-12-20(23-2)26-15-27-21/h5-6,12-13,15-16,18H,3-4,7-11,14H2,1-2H3,(H,24,25)(H,23,26,27). The fraction of sp³-hybridized carbons (Fsp3) is 0.545. The molecular weight excluding hydrogens is 378 g/mol. The Labute approximate surface area is 178 Å². The van der Waals surface area contributed by atoms with Crippen LogP contribution in [0.25, 0.3) is 0 Å². The molecular formula is C22H31N7O. The van der Waals surface area contributed by atoms with Gasteiger partial charge in [-0.05, 0) is 43.7 Å². The van der Waals surface area contributed by atoms with E-state index < -0.39 is 0 Å². The average molecular weight is 410 g/mol. The average Bonchev–Trinajstić information content (AvgIpc) is 3.27. The van der Waals surface area contributed by atoms with Crippen LogP contribution in [0.3, 0.4) is 0 Å². The molecule has 30 heavy (non-hydrogen) atoms. The summed E-state index contributed by atoms with van der Waals surface area (Å²) >= 11 is 0. The van der Waals surface area contributed by atoms with Crippen molar-refractivity contribution in [3.63, 3.8) is 0 Å². The number of rotatable bonds is 6. The Morgan fingerprint density at radius 3 is 2.67 bits per heavy atom. The first-order valence-electron chi connectivity index (χ1n) is 10.9. The normalized spacial score (nSPS) is 19.7. The number of carbonyl (C=O) groups excluding carboxylic acids is 1. The maximum atomic E-state index is 12.7. The van der Waals surface area contributed by atoms with Gasteiger partial charge in [-0.3, -0.25) is 4.79 Å². The highest BCUT2D eigenvalue weighted by Gasteiger charge is 2.26. The summed E-state index contributed by atoms with van der Waals surface area (Å²) in [5.74, 6) is 3.37. The highest BCUT2D eigenvalue weighted by molar-refractivity contribution is 5.94. The Bertz CT molecular complexity index is 849. The van der Waals surface area contributed by atoms with Gasteiger partial charge in [0.2, 0.25) is 0 Å². The predicted molar refractivity (Wildman–Crippen MR) is 119 cm³/mol. The molecule has 4 heterocycles. The highest BCUT2D eigenvalue weighted by atomic mass is 16.2. The number of hydrogen-bond donors (Lipinski definition) is 2. The number of nitrogens with one attached hydrogen (secondary N) is 2. The lowest BCUT2D eigenvalue weighted by Gasteiger charge is -2.30. The van der Waals surface area contributed by atoms with Gasteiger partial charge < -0.3 is 20.4 Å². The SMILES string of the molecule is CNc1cc(N2CCCC2CNc2ccc(C(=O)N3CCC(C)CC3)cn2)ncn1. The third-order valence-corrected chi connectivity index (χ3v) is 6.18. The van der Waals surface area contributed by atoms with Gasteiger partial charge in [-0.2, -0.15) is 0 Å². The zero-order valence-electron chi connectivity index (χ0n) is 17.8. The van der Waals surface area contributed by atoms with Crippen molar-refractivity contribution in [3.05, 3.63) is 36.3 Å². The van der Waals surface area contributed by atoms with Crippen LogP contribution in [0.1, 0.15) is 43.0 Å². The van der Waals surface area contributed by atoms with Crippen molar-refractivity contribution in [2.24, 2.45) is 5.92 Å². The van der Waals surface area contributed by atoms with Crippen LogP contribution in [-0.2, 0) is 0 Å². The van der Waals surface area contributed by atoms with E-state index in [1.807, 2.05) is 30.1 Å². The van der Waals surface area contributed by atoms with Crippen molar-refractivity contribution in [2.45, 2.75) is 38.6 Å². The molecule has 2 N–H and O–H groups in total. The lowest BCUT2D eigenvalue weighted by atomic mass is 9.99. The van der Waals surface area contributed by atoms with Gasteiger partial charge in [-0.1, -0.05) is 6.92 Å². The highest BCUT2D eigenvalue weighted by Crippen LogP contribution is 2.25. The number of hydrogen-bond acceptors (Lipinski definition) is 7. The van der Waals surface area contributed by atoms with E-state index in [9.17, 15) is 4.79 Å². The molecule has 2 aromatic heterocycles. The third kappa shape index (κ3) is 4.63. The van der Waals surface area contributed by atoms with Crippen LogP contribution in [0.2, 0.25) is 0 Å². The largest absolute Gasteiger partial charge is 0.373 e. The molecule has 2 aliphatic heterocycles. The lowest BCUT2D eigenvalue weighted by molar-refractivity contribution is 0.0697. The van der Waals surface area contributed by atoms with E-state index >= 15 is 0 Å². The summed E-state index contributed by atoms with van der Waals surface area (Å²) in [5.41, 5.74) is 0.665. The number of aromatic nitrogens is 3. The first-order chi connectivity index (χ1) is 14.6. The van der Waals surface area contributed by atoms with E-state index in [0.717, 1.165) is 69.3 Å². The van der Waals surface area contributed by atoms with E-state index in [4.69, 9.17) is 0 Å². The minimum absolute atomic E-state index is 0.0898. The van der Waals surface area contributed by atoms with Crippen LogP contribution in [-0.4, -0.2) is 65.0 Å². The second-order valence-corrected chi connectivity index (χ2v) is 8.29.